The van der Waals surface area contributed by atoms with Gasteiger partial charge in [0.1, 0.15) is 16.1 Å². The molecular formula is C23H27N3O3S2. The molecule has 0 unspecified atom stereocenters. The lowest BCUT2D eigenvalue weighted by Gasteiger charge is -2.08. The van der Waals surface area contributed by atoms with E-state index in [4.69, 9.17) is 4.74 Å². The van der Waals surface area contributed by atoms with Crippen LogP contribution in [0.15, 0.2) is 17.2 Å². The molecule has 0 bridgehead atoms. The van der Waals surface area contributed by atoms with Gasteiger partial charge in [-0.05, 0) is 49.8 Å². The summed E-state index contributed by atoms with van der Waals surface area (Å²) >= 11 is 2.91. The second kappa shape index (κ2) is 11.3. The van der Waals surface area contributed by atoms with Crippen molar-refractivity contribution in [3.63, 3.8) is 0 Å². The van der Waals surface area contributed by atoms with Gasteiger partial charge in [0.2, 0.25) is 5.91 Å². The molecule has 1 N–H and O–H groups in total. The first-order chi connectivity index (χ1) is 15.1. The summed E-state index contributed by atoms with van der Waals surface area (Å²) in [6.45, 7) is 2.09. The van der Waals surface area contributed by atoms with Gasteiger partial charge in [-0.25, -0.2) is 9.78 Å². The van der Waals surface area contributed by atoms with Gasteiger partial charge >= 0.3 is 5.97 Å². The van der Waals surface area contributed by atoms with Gasteiger partial charge < -0.3 is 10.1 Å². The second-order valence-electron chi connectivity index (χ2n) is 7.42. The zero-order valence-corrected chi connectivity index (χ0v) is 19.6. The number of fused-ring (bicyclic) bond motifs is 1. The standard InChI is InChI=1S/C23H27N3O3S2/c1-3-7-16-11-10-15(14-24)21(25-16)30-13-12-19(27)26-22-20(23(28)29-2)17-8-5-4-6-9-18(17)31-22/h10-11H,3-9,12-13H2,1-2H3,(H,26,27). The summed E-state index contributed by atoms with van der Waals surface area (Å²) in [5, 5.41) is 13.5. The Morgan fingerprint density at radius 1 is 1.29 bits per heavy atom. The van der Waals surface area contributed by atoms with Crippen LogP contribution in [0.3, 0.4) is 0 Å². The molecule has 8 heteroatoms. The van der Waals surface area contributed by atoms with Gasteiger partial charge in [-0.15, -0.1) is 23.1 Å². The van der Waals surface area contributed by atoms with Crippen molar-refractivity contribution in [2.24, 2.45) is 0 Å². The van der Waals surface area contributed by atoms with Crippen molar-refractivity contribution in [2.45, 2.75) is 63.3 Å². The first-order valence-corrected chi connectivity index (χ1v) is 12.4. The quantitative estimate of drug-likeness (QED) is 0.335. The predicted octanol–water partition coefficient (Wildman–Crippen LogP) is 5.14. The minimum absolute atomic E-state index is 0.155. The molecule has 0 atom stereocenters. The molecule has 164 valence electrons. The topological polar surface area (TPSA) is 92.1 Å². The average molecular weight is 458 g/mol. The van der Waals surface area contributed by atoms with Gasteiger partial charge in [0.15, 0.2) is 0 Å². The fourth-order valence-corrected chi connectivity index (χ4v) is 5.87. The van der Waals surface area contributed by atoms with Crippen LogP contribution in [0.25, 0.3) is 0 Å². The summed E-state index contributed by atoms with van der Waals surface area (Å²) in [6.07, 6.45) is 7.19. The molecule has 0 spiro atoms. The third kappa shape index (κ3) is 5.86. The van der Waals surface area contributed by atoms with E-state index in [1.54, 1.807) is 6.07 Å². The summed E-state index contributed by atoms with van der Waals surface area (Å²) in [5.41, 5.74) is 3.04. The second-order valence-corrected chi connectivity index (χ2v) is 9.61. The molecule has 2 aromatic heterocycles. The number of nitrogens with zero attached hydrogens (tertiary/aromatic N) is 2. The Morgan fingerprint density at radius 2 is 2.10 bits per heavy atom. The molecule has 3 rings (SSSR count). The average Bonchev–Trinajstić information content (AvgIpc) is 2.93. The van der Waals surface area contributed by atoms with E-state index in [0.29, 0.717) is 26.9 Å². The molecule has 1 aliphatic rings. The molecule has 0 saturated carbocycles. The maximum absolute atomic E-state index is 12.6. The van der Waals surface area contributed by atoms with Crippen molar-refractivity contribution < 1.29 is 14.3 Å². The highest BCUT2D eigenvalue weighted by Crippen LogP contribution is 2.38. The number of anilines is 1. The van der Waals surface area contributed by atoms with Gasteiger partial charge in [0.25, 0.3) is 0 Å². The van der Waals surface area contributed by atoms with E-state index in [2.05, 4.69) is 23.3 Å². The van der Waals surface area contributed by atoms with E-state index in [1.165, 1.54) is 35.1 Å². The third-order valence-corrected chi connectivity index (χ3v) is 7.38. The molecule has 2 heterocycles. The number of aryl methyl sites for hydroxylation is 2. The number of carbonyl (C=O) groups is 2. The monoisotopic (exact) mass is 457 g/mol. The number of carbonyl (C=O) groups excluding carboxylic acids is 2. The number of pyridine rings is 1. The van der Waals surface area contributed by atoms with Crippen LogP contribution in [0.5, 0.6) is 0 Å². The van der Waals surface area contributed by atoms with Crippen LogP contribution >= 0.6 is 23.1 Å². The van der Waals surface area contributed by atoms with Gasteiger partial charge in [-0.2, -0.15) is 5.26 Å². The van der Waals surface area contributed by atoms with Crippen molar-refractivity contribution in [3.05, 3.63) is 39.4 Å². The number of thioether (sulfide) groups is 1. The number of nitrogens with one attached hydrogen (secondary N) is 1. The molecule has 0 aliphatic heterocycles. The van der Waals surface area contributed by atoms with Crippen LogP contribution in [0.4, 0.5) is 5.00 Å². The third-order valence-electron chi connectivity index (χ3n) is 5.18. The molecule has 1 aliphatic carbocycles. The van der Waals surface area contributed by atoms with Crippen LogP contribution in [-0.4, -0.2) is 29.7 Å². The number of rotatable bonds is 8. The zero-order valence-electron chi connectivity index (χ0n) is 18.0. The normalized spacial score (nSPS) is 13.1. The van der Waals surface area contributed by atoms with E-state index in [9.17, 15) is 14.9 Å². The molecular weight excluding hydrogens is 430 g/mol. The minimum Gasteiger partial charge on any atom is -0.465 e. The first kappa shape index (κ1) is 23.3. The maximum Gasteiger partial charge on any atom is 0.341 e. The molecule has 6 nitrogen and oxygen atoms in total. The Morgan fingerprint density at radius 3 is 2.84 bits per heavy atom. The van der Waals surface area contributed by atoms with E-state index in [0.717, 1.165) is 56.2 Å². The Labute approximate surface area is 191 Å². The molecule has 0 aromatic carbocycles. The number of nitriles is 1. The van der Waals surface area contributed by atoms with Gasteiger partial charge in [-0.1, -0.05) is 19.8 Å². The first-order valence-electron chi connectivity index (χ1n) is 10.6. The van der Waals surface area contributed by atoms with E-state index < -0.39 is 0 Å². The maximum atomic E-state index is 12.6. The lowest BCUT2D eigenvalue weighted by Crippen LogP contribution is -2.15. The number of ether oxygens (including phenoxy) is 1. The highest BCUT2D eigenvalue weighted by atomic mass is 32.2. The molecule has 0 fully saturated rings. The van der Waals surface area contributed by atoms with Gasteiger partial charge in [-0.3, -0.25) is 4.79 Å². The number of hydrogen-bond donors (Lipinski definition) is 1. The Hall–Kier alpha value is -2.37. The van der Waals surface area contributed by atoms with Crippen molar-refractivity contribution in [1.29, 1.82) is 5.26 Å². The van der Waals surface area contributed by atoms with Gasteiger partial charge in [0.05, 0.1) is 18.2 Å². The largest absolute Gasteiger partial charge is 0.465 e. The molecule has 0 saturated heterocycles. The molecule has 0 radical (unpaired) electrons. The van der Waals surface area contributed by atoms with Crippen molar-refractivity contribution in [3.8, 4) is 6.07 Å². The fourth-order valence-electron chi connectivity index (χ4n) is 3.65. The fraction of sp³-hybridized carbons (Fsp3) is 0.478. The summed E-state index contributed by atoms with van der Waals surface area (Å²) in [4.78, 5) is 30.8. The Bertz CT molecular complexity index is 995. The highest BCUT2D eigenvalue weighted by molar-refractivity contribution is 7.99. The summed E-state index contributed by atoms with van der Waals surface area (Å²) in [7, 11) is 1.37. The van der Waals surface area contributed by atoms with Crippen LogP contribution in [-0.2, 0) is 28.8 Å². The van der Waals surface area contributed by atoms with Crippen molar-refractivity contribution in [2.75, 3.05) is 18.2 Å². The highest BCUT2D eigenvalue weighted by Gasteiger charge is 2.26. The summed E-state index contributed by atoms with van der Waals surface area (Å²) < 4.78 is 4.99. The van der Waals surface area contributed by atoms with Crippen molar-refractivity contribution >= 4 is 40.0 Å². The number of esters is 1. The number of hydrogen-bond acceptors (Lipinski definition) is 7. The lowest BCUT2D eigenvalue weighted by atomic mass is 10.1. The van der Waals surface area contributed by atoms with E-state index in [-0.39, 0.29) is 18.3 Å². The Kier molecular flexibility index (Phi) is 8.50. The molecule has 31 heavy (non-hydrogen) atoms. The summed E-state index contributed by atoms with van der Waals surface area (Å²) in [6, 6.07) is 5.84. The minimum atomic E-state index is -0.389. The number of aromatic nitrogens is 1. The summed E-state index contributed by atoms with van der Waals surface area (Å²) in [5.74, 6) is -0.0428. The SMILES string of the molecule is CCCc1ccc(C#N)c(SCCC(=O)Nc2sc3c(c2C(=O)OC)CCCCC3)n1. The van der Waals surface area contributed by atoms with Gasteiger partial charge in [0, 0.05) is 22.7 Å². The van der Waals surface area contributed by atoms with E-state index >= 15 is 0 Å². The van der Waals surface area contributed by atoms with Crippen LogP contribution in [0.2, 0.25) is 0 Å². The molecule has 2 aromatic rings. The number of amides is 1. The molecule has 1 amide bonds. The van der Waals surface area contributed by atoms with Crippen LogP contribution < -0.4 is 5.32 Å². The van der Waals surface area contributed by atoms with E-state index in [1.807, 2.05) is 6.07 Å². The smallest absolute Gasteiger partial charge is 0.341 e. The zero-order chi connectivity index (χ0) is 22.2. The van der Waals surface area contributed by atoms with Crippen LogP contribution in [0, 0.1) is 11.3 Å². The predicted molar refractivity (Wildman–Crippen MR) is 124 cm³/mol. The number of methoxy groups -OCH3 is 1. The Balaban J connectivity index is 1.66. The number of thiophene rings is 1. The van der Waals surface area contributed by atoms with Crippen LogP contribution in [0.1, 0.15) is 71.1 Å². The van der Waals surface area contributed by atoms with Crippen molar-refractivity contribution in [1.82, 2.24) is 4.98 Å². The lowest BCUT2D eigenvalue weighted by molar-refractivity contribution is -0.115.